The van der Waals surface area contributed by atoms with Crippen LogP contribution in [0, 0.1) is 0 Å². The lowest BCUT2D eigenvalue weighted by atomic mass is 10.1. The average Bonchev–Trinajstić information content (AvgIpc) is 2.03. The van der Waals surface area contributed by atoms with Gasteiger partial charge in [-0.25, -0.2) is 0 Å². The first-order valence-corrected chi connectivity index (χ1v) is 4.71. The lowest BCUT2D eigenvalue weighted by Crippen LogP contribution is -2.08. The SMILES string of the molecule is C=CC[C@@H](N)c1cc(Cl)cc(Cl)c1. The van der Waals surface area contributed by atoms with Crippen LogP contribution >= 0.6 is 23.2 Å². The van der Waals surface area contributed by atoms with Gasteiger partial charge in [0.25, 0.3) is 0 Å². The van der Waals surface area contributed by atoms with Crippen molar-refractivity contribution in [3.63, 3.8) is 0 Å². The second kappa shape index (κ2) is 4.66. The molecule has 3 heteroatoms. The number of hydrogen-bond acceptors (Lipinski definition) is 1. The molecule has 0 amide bonds. The van der Waals surface area contributed by atoms with Gasteiger partial charge in [-0.1, -0.05) is 29.3 Å². The molecule has 0 bridgehead atoms. The minimum atomic E-state index is -0.0753. The number of rotatable bonds is 3. The van der Waals surface area contributed by atoms with Crippen LogP contribution in [0.3, 0.4) is 0 Å². The van der Waals surface area contributed by atoms with Crippen molar-refractivity contribution in [1.29, 1.82) is 0 Å². The van der Waals surface area contributed by atoms with Crippen LogP contribution in [-0.4, -0.2) is 0 Å². The Bertz CT molecular complexity index is 290. The van der Waals surface area contributed by atoms with Gasteiger partial charge in [0.05, 0.1) is 0 Å². The van der Waals surface area contributed by atoms with E-state index >= 15 is 0 Å². The largest absolute Gasteiger partial charge is 0.324 e. The highest BCUT2D eigenvalue weighted by atomic mass is 35.5. The van der Waals surface area contributed by atoms with Crippen LogP contribution in [-0.2, 0) is 0 Å². The first kappa shape index (κ1) is 10.6. The molecule has 0 saturated carbocycles. The normalized spacial score (nSPS) is 12.5. The molecule has 1 aromatic carbocycles. The van der Waals surface area contributed by atoms with E-state index in [0.717, 1.165) is 12.0 Å². The molecule has 0 unspecified atom stereocenters. The summed E-state index contributed by atoms with van der Waals surface area (Å²) >= 11 is 11.7. The molecule has 0 aliphatic carbocycles. The molecule has 0 heterocycles. The van der Waals surface area contributed by atoms with Gasteiger partial charge >= 0.3 is 0 Å². The van der Waals surface area contributed by atoms with E-state index in [2.05, 4.69) is 6.58 Å². The molecule has 0 aromatic heterocycles. The second-order valence-electron chi connectivity index (χ2n) is 2.83. The van der Waals surface area contributed by atoms with Gasteiger partial charge in [-0.05, 0) is 30.2 Å². The molecule has 1 aromatic rings. The van der Waals surface area contributed by atoms with Crippen molar-refractivity contribution in [3.05, 3.63) is 46.5 Å². The molecule has 70 valence electrons. The summed E-state index contributed by atoms with van der Waals surface area (Å²) in [5.74, 6) is 0. The van der Waals surface area contributed by atoms with E-state index in [-0.39, 0.29) is 6.04 Å². The Morgan fingerprint density at radius 1 is 1.31 bits per heavy atom. The van der Waals surface area contributed by atoms with E-state index in [1.165, 1.54) is 0 Å². The fourth-order valence-electron chi connectivity index (χ4n) is 1.10. The summed E-state index contributed by atoms with van der Waals surface area (Å²) in [5, 5.41) is 1.23. The van der Waals surface area contributed by atoms with Crippen molar-refractivity contribution < 1.29 is 0 Å². The van der Waals surface area contributed by atoms with Crippen molar-refractivity contribution in [2.24, 2.45) is 5.73 Å². The first-order chi connectivity index (χ1) is 6.13. The summed E-state index contributed by atoms with van der Waals surface area (Å²) in [6.07, 6.45) is 2.50. The zero-order valence-electron chi connectivity index (χ0n) is 7.13. The standard InChI is InChI=1S/C10H11Cl2N/c1-2-3-10(13)7-4-8(11)6-9(12)5-7/h2,4-6,10H,1,3,13H2/t10-/m1/s1. The predicted molar refractivity (Wildman–Crippen MR) is 58.2 cm³/mol. The van der Waals surface area contributed by atoms with Crippen molar-refractivity contribution in [1.82, 2.24) is 0 Å². The maximum atomic E-state index is 5.85. The van der Waals surface area contributed by atoms with E-state index in [1.54, 1.807) is 12.1 Å². The van der Waals surface area contributed by atoms with Gasteiger partial charge in [-0.2, -0.15) is 0 Å². The highest BCUT2D eigenvalue weighted by Crippen LogP contribution is 2.23. The fraction of sp³-hybridized carbons (Fsp3) is 0.200. The van der Waals surface area contributed by atoms with Gasteiger partial charge in [0.1, 0.15) is 0 Å². The van der Waals surface area contributed by atoms with E-state index in [4.69, 9.17) is 28.9 Å². The third kappa shape index (κ3) is 3.03. The smallest absolute Gasteiger partial charge is 0.0424 e. The van der Waals surface area contributed by atoms with Crippen LogP contribution in [0.25, 0.3) is 0 Å². The molecule has 1 nitrogen and oxygen atoms in total. The molecule has 0 radical (unpaired) electrons. The zero-order valence-corrected chi connectivity index (χ0v) is 8.65. The third-order valence-corrected chi connectivity index (χ3v) is 2.17. The van der Waals surface area contributed by atoms with Gasteiger partial charge in [-0.15, -0.1) is 6.58 Å². The van der Waals surface area contributed by atoms with Crippen LogP contribution in [0.4, 0.5) is 0 Å². The second-order valence-corrected chi connectivity index (χ2v) is 3.71. The van der Waals surface area contributed by atoms with E-state index in [0.29, 0.717) is 10.0 Å². The summed E-state index contributed by atoms with van der Waals surface area (Å²) in [4.78, 5) is 0. The quantitative estimate of drug-likeness (QED) is 0.768. The Morgan fingerprint density at radius 3 is 2.31 bits per heavy atom. The number of nitrogens with two attached hydrogens (primary N) is 1. The molecular weight excluding hydrogens is 205 g/mol. The van der Waals surface area contributed by atoms with Gasteiger partial charge in [0, 0.05) is 16.1 Å². The minimum Gasteiger partial charge on any atom is -0.324 e. The third-order valence-electron chi connectivity index (χ3n) is 1.73. The lowest BCUT2D eigenvalue weighted by Gasteiger charge is -2.09. The highest BCUT2D eigenvalue weighted by molar-refractivity contribution is 6.34. The molecule has 1 rings (SSSR count). The van der Waals surface area contributed by atoms with Crippen LogP contribution < -0.4 is 5.73 Å². The monoisotopic (exact) mass is 215 g/mol. The topological polar surface area (TPSA) is 26.0 Å². The maximum Gasteiger partial charge on any atom is 0.0424 e. The summed E-state index contributed by atoms with van der Waals surface area (Å²) in [5.41, 5.74) is 6.80. The molecule has 0 fully saturated rings. The molecular formula is C10H11Cl2N. The van der Waals surface area contributed by atoms with Gasteiger partial charge in [0.15, 0.2) is 0 Å². The van der Waals surface area contributed by atoms with Crippen LogP contribution in [0.1, 0.15) is 18.0 Å². The molecule has 13 heavy (non-hydrogen) atoms. The molecule has 0 aliphatic rings. The van der Waals surface area contributed by atoms with Crippen molar-refractivity contribution in [2.75, 3.05) is 0 Å². The predicted octanol–water partition coefficient (Wildman–Crippen LogP) is 3.57. The number of benzene rings is 1. The molecule has 0 aliphatic heterocycles. The van der Waals surface area contributed by atoms with Crippen molar-refractivity contribution in [3.8, 4) is 0 Å². The molecule has 1 atom stereocenters. The van der Waals surface area contributed by atoms with Crippen molar-refractivity contribution >= 4 is 23.2 Å². The summed E-state index contributed by atoms with van der Waals surface area (Å²) < 4.78 is 0. The molecule has 0 saturated heterocycles. The summed E-state index contributed by atoms with van der Waals surface area (Å²) in [6.45, 7) is 3.63. The average molecular weight is 216 g/mol. The van der Waals surface area contributed by atoms with Gasteiger partial charge in [0.2, 0.25) is 0 Å². The molecule has 0 spiro atoms. The minimum absolute atomic E-state index is 0.0753. The summed E-state index contributed by atoms with van der Waals surface area (Å²) in [6, 6.07) is 5.25. The Hall–Kier alpha value is -0.500. The fourth-order valence-corrected chi connectivity index (χ4v) is 1.65. The van der Waals surface area contributed by atoms with Gasteiger partial charge < -0.3 is 5.73 Å². The highest BCUT2D eigenvalue weighted by Gasteiger charge is 2.05. The Balaban J connectivity index is 2.93. The van der Waals surface area contributed by atoms with Crippen LogP contribution in [0.2, 0.25) is 10.0 Å². The maximum absolute atomic E-state index is 5.85. The van der Waals surface area contributed by atoms with Gasteiger partial charge in [-0.3, -0.25) is 0 Å². The zero-order chi connectivity index (χ0) is 9.84. The molecule has 2 N–H and O–H groups in total. The van der Waals surface area contributed by atoms with Crippen molar-refractivity contribution in [2.45, 2.75) is 12.5 Å². The van der Waals surface area contributed by atoms with E-state index < -0.39 is 0 Å². The van der Waals surface area contributed by atoms with E-state index in [1.807, 2.05) is 12.1 Å². The summed E-state index contributed by atoms with van der Waals surface area (Å²) in [7, 11) is 0. The number of hydrogen-bond donors (Lipinski definition) is 1. The van der Waals surface area contributed by atoms with Crippen LogP contribution in [0.5, 0.6) is 0 Å². The lowest BCUT2D eigenvalue weighted by molar-refractivity contribution is 0.742. The Kier molecular flexibility index (Phi) is 3.79. The Morgan fingerprint density at radius 2 is 1.85 bits per heavy atom. The van der Waals surface area contributed by atoms with Crippen LogP contribution in [0.15, 0.2) is 30.9 Å². The Labute approximate surface area is 88.1 Å². The number of halogens is 2. The first-order valence-electron chi connectivity index (χ1n) is 3.96. The van der Waals surface area contributed by atoms with E-state index in [9.17, 15) is 0 Å².